The van der Waals surface area contributed by atoms with Crippen LogP contribution in [0.25, 0.3) is 10.8 Å². The average Bonchev–Trinajstić information content (AvgIpc) is 2.52. The van der Waals surface area contributed by atoms with Gasteiger partial charge < -0.3 is 15.8 Å². The average molecular weight is 314 g/mol. The van der Waals surface area contributed by atoms with Crippen LogP contribution in [0.4, 0.5) is 0 Å². The first-order chi connectivity index (χ1) is 11.0. The Morgan fingerprint density at radius 2 is 1.83 bits per heavy atom. The van der Waals surface area contributed by atoms with E-state index in [2.05, 4.69) is 10.1 Å². The van der Waals surface area contributed by atoms with Crippen molar-refractivity contribution in [2.75, 3.05) is 6.61 Å². The lowest BCUT2D eigenvalue weighted by atomic mass is 10.0. The van der Waals surface area contributed by atoms with Gasteiger partial charge in [0.1, 0.15) is 6.04 Å². The standard InChI is InChI=1S/C17H18N2O4/c1-11(20)23-10-16(21)19-15(17(18)22)9-12-6-7-13-4-2-3-5-14(13)8-12/h2-8,15H,9-10H2,1H3,(H2,18,22)(H,19,21)/t15-/m1/s1. The Morgan fingerprint density at radius 1 is 1.13 bits per heavy atom. The Morgan fingerprint density at radius 3 is 2.48 bits per heavy atom. The molecule has 0 aliphatic heterocycles. The van der Waals surface area contributed by atoms with Crippen molar-refractivity contribution < 1.29 is 19.1 Å². The van der Waals surface area contributed by atoms with Gasteiger partial charge in [-0.15, -0.1) is 0 Å². The number of benzene rings is 2. The number of nitrogens with two attached hydrogens (primary N) is 1. The monoisotopic (exact) mass is 314 g/mol. The van der Waals surface area contributed by atoms with E-state index in [9.17, 15) is 14.4 Å². The zero-order valence-corrected chi connectivity index (χ0v) is 12.7. The Labute approximate surface area is 133 Å². The van der Waals surface area contributed by atoms with Crippen LogP contribution in [0, 0.1) is 0 Å². The van der Waals surface area contributed by atoms with E-state index in [4.69, 9.17) is 5.73 Å². The highest BCUT2D eigenvalue weighted by Gasteiger charge is 2.19. The van der Waals surface area contributed by atoms with Crippen LogP contribution in [0.15, 0.2) is 42.5 Å². The lowest BCUT2D eigenvalue weighted by Gasteiger charge is -2.16. The number of primary amides is 1. The maximum Gasteiger partial charge on any atom is 0.303 e. The first-order valence-corrected chi connectivity index (χ1v) is 7.15. The fourth-order valence-corrected chi connectivity index (χ4v) is 2.23. The molecule has 6 heteroatoms. The van der Waals surface area contributed by atoms with E-state index < -0.39 is 30.4 Å². The fourth-order valence-electron chi connectivity index (χ4n) is 2.23. The number of rotatable bonds is 6. The number of hydrogen-bond donors (Lipinski definition) is 2. The molecule has 2 aromatic rings. The molecular weight excluding hydrogens is 296 g/mol. The molecule has 2 amide bonds. The number of nitrogens with one attached hydrogen (secondary N) is 1. The molecule has 3 N–H and O–H groups in total. The van der Waals surface area contributed by atoms with Gasteiger partial charge in [0.2, 0.25) is 5.91 Å². The third-order valence-corrected chi connectivity index (χ3v) is 3.34. The molecule has 0 bridgehead atoms. The van der Waals surface area contributed by atoms with E-state index in [0.29, 0.717) is 0 Å². The normalized spacial score (nSPS) is 11.7. The summed E-state index contributed by atoms with van der Waals surface area (Å²) in [6.45, 7) is 0.769. The topological polar surface area (TPSA) is 98.5 Å². The van der Waals surface area contributed by atoms with E-state index in [0.717, 1.165) is 16.3 Å². The van der Waals surface area contributed by atoms with Crippen LogP contribution >= 0.6 is 0 Å². The summed E-state index contributed by atoms with van der Waals surface area (Å²) in [5.74, 6) is -1.77. The molecule has 2 aromatic carbocycles. The zero-order valence-electron chi connectivity index (χ0n) is 12.7. The van der Waals surface area contributed by atoms with Crippen LogP contribution in [0.3, 0.4) is 0 Å². The smallest absolute Gasteiger partial charge is 0.303 e. The Hall–Kier alpha value is -2.89. The molecule has 6 nitrogen and oxygen atoms in total. The van der Waals surface area contributed by atoms with Gasteiger partial charge in [0.15, 0.2) is 6.61 Å². The van der Waals surface area contributed by atoms with Gasteiger partial charge >= 0.3 is 5.97 Å². The van der Waals surface area contributed by atoms with Gasteiger partial charge in [-0.3, -0.25) is 14.4 Å². The largest absolute Gasteiger partial charge is 0.456 e. The molecule has 0 aliphatic carbocycles. The molecule has 0 saturated heterocycles. The summed E-state index contributed by atoms with van der Waals surface area (Å²) < 4.78 is 4.59. The maximum atomic E-state index is 11.7. The van der Waals surface area contributed by atoms with Crippen LogP contribution in [-0.2, 0) is 25.5 Å². The summed E-state index contributed by atoms with van der Waals surface area (Å²) in [6.07, 6.45) is 0.270. The molecule has 2 rings (SSSR count). The third-order valence-electron chi connectivity index (χ3n) is 3.34. The molecule has 0 radical (unpaired) electrons. The van der Waals surface area contributed by atoms with Crippen molar-refractivity contribution >= 4 is 28.6 Å². The Balaban J connectivity index is 2.07. The number of carbonyl (C=O) groups is 3. The number of fused-ring (bicyclic) bond motifs is 1. The van der Waals surface area contributed by atoms with Gasteiger partial charge in [-0.05, 0) is 16.3 Å². The quantitative estimate of drug-likeness (QED) is 0.774. The van der Waals surface area contributed by atoms with Crippen LogP contribution in [0.5, 0.6) is 0 Å². The highest BCUT2D eigenvalue weighted by molar-refractivity contribution is 5.88. The van der Waals surface area contributed by atoms with Crippen LogP contribution in [-0.4, -0.2) is 30.4 Å². The highest BCUT2D eigenvalue weighted by Crippen LogP contribution is 2.16. The molecule has 1 atom stereocenters. The molecule has 0 saturated carbocycles. The summed E-state index contributed by atoms with van der Waals surface area (Å²) in [6, 6.07) is 12.8. The predicted molar refractivity (Wildman–Crippen MR) is 85.4 cm³/mol. The second-order valence-electron chi connectivity index (χ2n) is 5.19. The maximum absolute atomic E-state index is 11.7. The molecule has 23 heavy (non-hydrogen) atoms. The van der Waals surface area contributed by atoms with Crippen molar-refractivity contribution in [3.8, 4) is 0 Å². The van der Waals surface area contributed by atoms with E-state index in [1.54, 1.807) is 0 Å². The first-order valence-electron chi connectivity index (χ1n) is 7.15. The van der Waals surface area contributed by atoms with Gasteiger partial charge in [-0.1, -0.05) is 42.5 Å². The van der Waals surface area contributed by atoms with Crippen LogP contribution in [0.2, 0.25) is 0 Å². The van der Waals surface area contributed by atoms with Crippen molar-refractivity contribution in [3.05, 3.63) is 48.0 Å². The molecule has 0 fully saturated rings. The first kappa shape index (κ1) is 16.5. The molecule has 120 valence electrons. The highest BCUT2D eigenvalue weighted by atomic mass is 16.5. The number of amides is 2. The van der Waals surface area contributed by atoms with Gasteiger partial charge in [0.05, 0.1) is 0 Å². The van der Waals surface area contributed by atoms with Crippen molar-refractivity contribution in [1.82, 2.24) is 5.32 Å². The van der Waals surface area contributed by atoms with Crippen LogP contribution < -0.4 is 11.1 Å². The van der Waals surface area contributed by atoms with E-state index >= 15 is 0 Å². The molecule has 0 unspecified atom stereocenters. The summed E-state index contributed by atoms with van der Waals surface area (Å²) in [5.41, 5.74) is 6.22. The number of esters is 1. The summed E-state index contributed by atoms with van der Waals surface area (Å²) in [7, 11) is 0. The van der Waals surface area contributed by atoms with Gasteiger partial charge in [-0.25, -0.2) is 0 Å². The van der Waals surface area contributed by atoms with Crippen molar-refractivity contribution in [3.63, 3.8) is 0 Å². The Bertz CT molecular complexity index is 742. The number of ether oxygens (including phenoxy) is 1. The summed E-state index contributed by atoms with van der Waals surface area (Å²) in [4.78, 5) is 33.9. The van der Waals surface area contributed by atoms with E-state index in [1.165, 1.54) is 6.92 Å². The van der Waals surface area contributed by atoms with Gasteiger partial charge in [-0.2, -0.15) is 0 Å². The minimum atomic E-state index is -0.862. The minimum absolute atomic E-state index is 0.270. The molecule has 0 heterocycles. The Kier molecular flexibility index (Phi) is 5.30. The minimum Gasteiger partial charge on any atom is -0.456 e. The van der Waals surface area contributed by atoms with E-state index in [-0.39, 0.29) is 6.42 Å². The summed E-state index contributed by atoms with van der Waals surface area (Å²) in [5, 5.41) is 4.61. The fraction of sp³-hybridized carbons (Fsp3) is 0.235. The second-order valence-corrected chi connectivity index (χ2v) is 5.19. The van der Waals surface area contributed by atoms with Crippen LogP contribution in [0.1, 0.15) is 12.5 Å². The lowest BCUT2D eigenvalue weighted by Crippen LogP contribution is -2.47. The second kappa shape index (κ2) is 7.40. The molecule has 0 aromatic heterocycles. The number of carbonyl (C=O) groups excluding carboxylic acids is 3. The lowest BCUT2D eigenvalue weighted by molar-refractivity contribution is -0.146. The predicted octanol–water partition coefficient (Wildman–Crippen LogP) is 0.915. The van der Waals surface area contributed by atoms with Crippen molar-refractivity contribution in [2.45, 2.75) is 19.4 Å². The SMILES string of the molecule is CC(=O)OCC(=O)N[C@H](Cc1ccc2ccccc2c1)C(N)=O. The van der Waals surface area contributed by atoms with Crippen molar-refractivity contribution in [1.29, 1.82) is 0 Å². The van der Waals surface area contributed by atoms with E-state index in [1.807, 2.05) is 42.5 Å². The molecule has 0 aliphatic rings. The molecule has 0 spiro atoms. The van der Waals surface area contributed by atoms with Gasteiger partial charge in [0.25, 0.3) is 5.91 Å². The van der Waals surface area contributed by atoms with Gasteiger partial charge in [0, 0.05) is 13.3 Å². The third kappa shape index (κ3) is 4.81. The van der Waals surface area contributed by atoms with Crippen molar-refractivity contribution in [2.24, 2.45) is 5.73 Å². The number of hydrogen-bond acceptors (Lipinski definition) is 4. The molecular formula is C17H18N2O4. The zero-order chi connectivity index (χ0) is 16.8. The summed E-state index contributed by atoms with van der Waals surface area (Å²) >= 11 is 0.